The summed E-state index contributed by atoms with van der Waals surface area (Å²) in [6, 6.07) is 5.70. The highest BCUT2D eigenvalue weighted by molar-refractivity contribution is 5.85. The third-order valence-corrected chi connectivity index (χ3v) is 3.92. The van der Waals surface area contributed by atoms with Gasteiger partial charge in [-0.3, -0.25) is 4.79 Å². The van der Waals surface area contributed by atoms with Crippen LogP contribution in [-0.4, -0.2) is 25.2 Å². The number of nitrogens with two attached hydrogens (primary N) is 1. The van der Waals surface area contributed by atoms with Crippen molar-refractivity contribution >= 4 is 5.91 Å². The van der Waals surface area contributed by atoms with Crippen LogP contribution in [0.15, 0.2) is 18.2 Å². The van der Waals surface area contributed by atoms with Crippen molar-refractivity contribution in [3.05, 3.63) is 23.8 Å². The number of hydrogen-bond donors (Lipinski definition) is 2. The summed E-state index contributed by atoms with van der Waals surface area (Å²) in [7, 11) is 1.62. The Balaban J connectivity index is 2.65. The number of nitrogens with one attached hydrogen (secondary N) is 1. The molecule has 0 radical (unpaired) electrons. The molecule has 0 aliphatic rings. The van der Waals surface area contributed by atoms with Gasteiger partial charge < -0.3 is 20.5 Å². The summed E-state index contributed by atoms with van der Waals surface area (Å²) in [6.07, 6.45) is 2.52. The summed E-state index contributed by atoms with van der Waals surface area (Å²) in [5, 5.41) is 2.89. The Morgan fingerprint density at radius 3 is 2.62 bits per heavy atom. The van der Waals surface area contributed by atoms with E-state index < -0.39 is 5.54 Å². The number of amides is 1. The molecule has 0 bridgehead atoms. The third kappa shape index (κ3) is 6.40. The zero-order valence-corrected chi connectivity index (χ0v) is 15.6. The average molecular weight is 336 g/mol. The van der Waals surface area contributed by atoms with E-state index in [1.165, 1.54) is 0 Å². The van der Waals surface area contributed by atoms with Gasteiger partial charge in [0, 0.05) is 6.54 Å². The highest BCUT2D eigenvalue weighted by atomic mass is 16.5. The van der Waals surface area contributed by atoms with Gasteiger partial charge in [0.05, 0.1) is 19.3 Å². The van der Waals surface area contributed by atoms with Crippen molar-refractivity contribution in [3.63, 3.8) is 0 Å². The number of benzene rings is 1. The molecule has 0 saturated carbocycles. The van der Waals surface area contributed by atoms with Crippen molar-refractivity contribution in [1.82, 2.24) is 5.32 Å². The van der Waals surface area contributed by atoms with Crippen LogP contribution in [0.2, 0.25) is 0 Å². The molecule has 1 atom stereocenters. The fraction of sp³-hybridized carbons (Fsp3) is 0.632. The number of ether oxygens (including phenoxy) is 2. The van der Waals surface area contributed by atoms with Gasteiger partial charge in [0.15, 0.2) is 11.5 Å². The van der Waals surface area contributed by atoms with Gasteiger partial charge in [-0.1, -0.05) is 33.3 Å². The van der Waals surface area contributed by atoms with Crippen molar-refractivity contribution in [2.24, 2.45) is 11.7 Å². The maximum Gasteiger partial charge on any atom is 0.240 e. The summed E-state index contributed by atoms with van der Waals surface area (Å²) >= 11 is 0. The number of rotatable bonds is 10. The molecule has 3 N–H and O–H groups in total. The summed E-state index contributed by atoms with van der Waals surface area (Å²) in [5.41, 5.74) is 6.15. The fourth-order valence-corrected chi connectivity index (χ4v) is 2.36. The smallest absolute Gasteiger partial charge is 0.240 e. The summed E-state index contributed by atoms with van der Waals surface area (Å²) < 4.78 is 11.2. The van der Waals surface area contributed by atoms with Gasteiger partial charge >= 0.3 is 0 Å². The zero-order chi connectivity index (χ0) is 18.2. The summed E-state index contributed by atoms with van der Waals surface area (Å²) in [5.74, 6) is 1.86. The highest BCUT2D eigenvalue weighted by Crippen LogP contribution is 2.28. The Bertz CT molecular complexity index is 527. The summed E-state index contributed by atoms with van der Waals surface area (Å²) in [6.45, 7) is 9.18. The molecule has 0 aliphatic carbocycles. The molecule has 0 spiro atoms. The third-order valence-electron chi connectivity index (χ3n) is 3.92. The Hall–Kier alpha value is -1.75. The maximum atomic E-state index is 12.2. The minimum Gasteiger partial charge on any atom is -0.493 e. The first kappa shape index (κ1) is 20.3. The van der Waals surface area contributed by atoms with Gasteiger partial charge in [-0.2, -0.15) is 0 Å². The highest BCUT2D eigenvalue weighted by Gasteiger charge is 2.26. The SMILES string of the molecule is CCCC(C)(N)C(=O)NCc1ccc(OCCC(C)C)c(OC)c1. The van der Waals surface area contributed by atoms with Gasteiger partial charge in [0.25, 0.3) is 0 Å². The van der Waals surface area contributed by atoms with Gasteiger partial charge in [-0.05, 0) is 43.4 Å². The topological polar surface area (TPSA) is 73.6 Å². The van der Waals surface area contributed by atoms with Crippen LogP contribution in [0.4, 0.5) is 0 Å². The first-order valence-electron chi connectivity index (χ1n) is 8.67. The molecule has 24 heavy (non-hydrogen) atoms. The number of carbonyl (C=O) groups is 1. The monoisotopic (exact) mass is 336 g/mol. The second-order valence-electron chi connectivity index (χ2n) is 6.87. The molecule has 0 aliphatic heterocycles. The molecule has 5 heteroatoms. The minimum atomic E-state index is -0.835. The molecule has 1 amide bonds. The first-order chi connectivity index (χ1) is 11.3. The second kappa shape index (κ2) is 9.52. The lowest BCUT2D eigenvalue weighted by molar-refractivity contribution is -0.126. The normalized spacial score (nSPS) is 13.5. The molecule has 1 aromatic carbocycles. The van der Waals surface area contributed by atoms with Gasteiger partial charge in [0.2, 0.25) is 5.91 Å². The van der Waals surface area contributed by atoms with E-state index in [0.29, 0.717) is 31.2 Å². The van der Waals surface area contributed by atoms with Crippen LogP contribution in [0.25, 0.3) is 0 Å². The largest absolute Gasteiger partial charge is 0.493 e. The summed E-state index contributed by atoms with van der Waals surface area (Å²) in [4.78, 5) is 12.2. The Kier molecular flexibility index (Phi) is 8.05. The van der Waals surface area contributed by atoms with Crippen LogP contribution in [0.1, 0.15) is 52.5 Å². The molecule has 0 aromatic heterocycles. The number of methoxy groups -OCH3 is 1. The molecule has 1 rings (SSSR count). The molecule has 5 nitrogen and oxygen atoms in total. The van der Waals surface area contributed by atoms with E-state index >= 15 is 0 Å². The van der Waals surface area contributed by atoms with Crippen LogP contribution in [0.5, 0.6) is 11.5 Å². The minimum absolute atomic E-state index is 0.138. The second-order valence-corrected chi connectivity index (χ2v) is 6.87. The van der Waals surface area contributed by atoms with Crippen LogP contribution >= 0.6 is 0 Å². The van der Waals surface area contributed by atoms with Gasteiger partial charge in [-0.15, -0.1) is 0 Å². The maximum absolute atomic E-state index is 12.2. The van der Waals surface area contributed by atoms with Crippen LogP contribution in [0.3, 0.4) is 0 Å². The van der Waals surface area contributed by atoms with Crippen molar-refractivity contribution in [3.8, 4) is 11.5 Å². The van der Waals surface area contributed by atoms with Crippen molar-refractivity contribution in [2.45, 2.75) is 59.0 Å². The lowest BCUT2D eigenvalue weighted by Crippen LogP contribution is -2.51. The van der Waals surface area contributed by atoms with E-state index in [4.69, 9.17) is 15.2 Å². The Morgan fingerprint density at radius 1 is 1.33 bits per heavy atom. The molecule has 0 fully saturated rings. The number of carbonyl (C=O) groups excluding carboxylic acids is 1. The Labute approximate surface area is 145 Å². The average Bonchev–Trinajstić information content (AvgIpc) is 2.52. The van der Waals surface area contributed by atoms with Crippen LogP contribution < -0.4 is 20.5 Å². The fourth-order valence-electron chi connectivity index (χ4n) is 2.36. The lowest BCUT2D eigenvalue weighted by Gasteiger charge is -2.23. The quantitative estimate of drug-likeness (QED) is 0.688. The van der Waals surface area contributed by atoms with E-state index in [0.717, 1.165) is 24.2 Å². The van der Waals surface area contributed by atoms with E-state index in [9.17, 15) is 4.79 Å². The molecule has 136 valence electrons. The first-order valence-corrected chi connectivity index (χ1v) is 8.67. The van der Waals surface area contributed by atoms with Gasteiger partial charge in [0.1, 0.15) is 0 Å². The molecular weight excluding hydrogens is 304 g/mol. The lowest BCUT2D eigenvalue weighted by atomic mass is 9.96. The Morgan fingerprint density at radius 2 is 2.04 bits per heavy atom. The van der Waals surface area contributed by atoms with Crippen molar-refractivity contribution < 1.29 is 14.3 Å². The predicted octanol–water partition coefficient (Wildman–Crippen LogP) is 3.25. The van der Waals surface area contributed by atoms with E-state index in [-0.39, 0.29) is 5.91 Å². The number of hydrogen-bond acceptors (Lipinski definition) is 4. The molecule has 0 saturated heterocycles. The van der Waals surface area contributed by atoms with Crippen molar-refractivity contribution in [2.75, 3.05) is 13.7 Å². The zero-order valence-electron chi connectivity index (χ0n) is 15.6. The standard InChI is InChI=1S/C19H32N2O3/c1-6-10-19(4,20)18(22)21-13-15-7-8-16(17(12-15)23-5)24-11-9-14(2)3/h7-8,12,14H,6,9-11,13,20H2,1-5H3,(H,21,22). The molecular formula is C19H32N2O3. The van der Waals surface area contributed by atoms with E-state index in [1.807, 2.05) is 25.1 Å². The van der Waals surface area contributed by atoms with Crippen LogP contribution in [-0.2, 0) is 11.3 Å². The van der Waals surface area contributed by atoms with Crippen LogP contribution in [0, 0.1) is 5.92 Å². The van der Waals surface area contributed by atoms with E-state index in [2.05, 4.69) is 19.2 Å². The molecule has 1 unspecified atom stereocenters. The van der Waals surface area contributed by atoms with Crippen molar-refractivity contribution in [1.29, 1.82) is 0 Å². The molecule has 0 heterocycles. The molecule has 1 aromatic rings. The van der Waals surface area contributed by atoms with E-state index in [1.54, 1.807) is 14.0 Å². The predicted molar refractivity (Wildman–Crippen MR) is 97.3 cm³/mol. The van der Waals surface area contributed by atoms with Gasteiger partial charge in [-0.25, -0.2) is 0 Å².